The first-order chi connectivity index (χ1) is 15.0. The number of allylic oxidation sites excluding steroid dienone is 2. The highest BCUT2D eigenvalue weighted by Gasteiger charge is 2.58. The van der Waals surface area contributed by atoms with Gasteiger partial charge in [0.05, 0.1) is 18.4 Å². The first kappa shape index (κ1) is 20.2. The summed E-state index contributed by atoms with van der Waals surface area (Å²) in [5.74, 6) is 0.708. The summed E-state index contributed by atoms with van der Waals surface area (Å²) in [4.78, 5) is 31.7. The fraction of sp³-hybridized carbons (Fsp3) is 0.542. The van der Waals surface area contributed by atoms with Gasteiger partial charge >= 0.3 is 0 Å². The highest BCUT2D eigenvalue weighted by atomic mass is 16.3. The molecule has 3 N–H and O–H groups in total. The van der Waals surface area contributed by atoms with Crippen molar-refractivity contribution in [3.63, 3.8) is 0 Å². The summed E-state index contributed by atoms with van der Waals surface area (Å²) in [7, 11) is 0. The van der Waals surface area contributed by atoms with Gasteiger partial charge in [0, 0.05) is 19.6 Å². The third-order valence-electron chi connectivity index (χ3n) is 7.36. The number of hydrogen-bond donors (Lipinski definition) is 3. The molecule has 2 amide bonds. The third-order valence-corrected chi connectivity index (χ3v) is 7.36. The minimum atomic E-state index is -0.955. The Morgan fingerprint density at radius 2 is 1.87 bits per heavy atom. The van der Waals surface area contributed by atoms with Crippen LogP contribution in [-0.4, -0.2) is 54.0 Å². The zero-order chi connectivity index (χ0) is 21.6. The molecule has 5 unspecified atom stereocenters. The van der Waals surface area contributed by atoms with Crippen molar-refractivity contribution in [2.45, 2.75) is 31.8 Å². The Kier molecular flexibility index (Phi) is 5.08. The lowest BCUT2D eigenvalue weighted by Crippen LogP contribution is -2.44. The number of nitrogens with zero attached hydrogens (tertiary/aromatic N) is 2. The Balaban J connectivity index is 1.20. The van der Waals surface area contributed by atoms with Crippen LogP contribution >= 0.6 is 0 Å². The molecule has 4 aliphatic rings. The maximum Gasteiger partial charge on any atom is 0.233 e. The Hall–Kier alpha value is -2.67. The minimum Gasteiger partial charge on any atom is -0.383 e. The van der Waals surface area contributed by atoms with Gasteiger partial charge < -0.3 is 15.7 Å². The van der Waals surface area contributed by atoms with Crippen LogP contribution in [0.3, 0.4) is 0 Å². The predicted molar refractivity (Wildman–Crippen MR) is 117 cm³/mol. The van der Waals surface area contributed by atoms with Crippen molar-refractivity contribution >= 4 is 17.8 Å². The normalized spacial score (nSPS) is 33.2. The summed E-state index contributed by atoms with van der Waals surface area (Å²) in [5.41, 5.74) is 1.18. The highest BCUT2D eigenvalue weighted by molar-refractivity contribution is 6.06. The number of carbonyl (C=O) groups excluding carboxylic acids is 2. The number of fused-ring (bicyclic) bond motifs is 6. The summed E-state index contributed by atoms with van der Waals surface area (Å²) in [6.45, 7) is 3.69. The van der Waals surface area contributed by atoms with Gasteiger partial charge in [-0.3, -0.25) is 14.5 Å². The van der Waals surface area contributed by atoms with Crippen molar-refractivity contribution in [3.8, 4) is 0 Å². The molecule has 0 aromatic heterocycles. The van der Waals surface area contributed by atoms with Crippen molar-refractivity contribution in [1.29, 1.82) is 0 Å². The van der Waals surface area contributed by atoms with Crippen LogP contribution in [-0.2, 0) is 21.6 Å². The van der Waals surface area contributed by atoms with Crippen LogP contribution in [0.4, 0.5) is 0 Å². The third kappa shape index (κ3) is 3.35. The number of nitrogens with one attached hydrogen (secondary N) is 2. The molecule has 2 bridgehead atoms. The predicted octanol–water partition coefficient (Wildman–Crippen LogP) is 1.18. The van der Waals surface area contributed by atoms with Gasteiger partial charge in [-0.05, 0) is 49.1 Å². The Bertz CT molecular complexity index is 928. The Morgan fingerprint density at radius 1 is 1.16 bits per heavy atom. The molecule has 5 rings (SSSR count). The molecule has 1 saturated heterocycles. The van der Waals surface area contributed by atoms with E-state index in [1.165, 1.54) is 10.5 Å². The smallest absolute Gasteiger partial charge is 0.233 e. The quantitative estimate of drug-likeness (QED) is 0.277. The molecule has 0 spiro atoms. The molecule has 1 aromatic carbocycles. The van der Waals surface area contributed by atoms with Gasteiger partial charge in [0.25, 0.3) is 0 Å². The molecule has 7 nitrogen and oxygen atoms in total. The number of aryl methyl sites for hydroxylation is 1. The zero-order valence-electron chi connectivity index (χ0n) is 17.9. The molecular formula is C24H30N4O3. The van der Waals surface area contributed by atoms with E-state index in [1.54, 1.807) is 0 Å². The number of guanidine groups is 1. The summed E-state index contributed by atoms with van der Waals surface area (Å²) in [6, 6.07) is 7.97. The monoisotopic (exact) mass is 422 g/mol. The summed E-state index contributed by atoms with van der Waals surface area (Å²) < 4.78 is 0. The van der Waals surface area contributed by atoms with Crippen molar-refractivity contribution < 1.29 is 14.7 Å². The van der Waals surface area contributed by atoms with Crippen LogP contribution in [0.25, 0.3) is 0 Å². The van der Waals surface area contributed by atoms with Gasteiger partial charge in [0.15, 0.2) is 5.96 Å². The molecule has 1 saturated carbocycles. The van der Waals surface area contributed by atoms with Gasteiger partial charge in [0.1, 0.15) is 5.60 Å². The maximum absolute atomic E-state index is 12.8. The number of carbonyl (C=O) groups is 2. The van der Waals surface area contributed by atoms with Crippen LogP contribution in [0.15, 0.2) is 41.4 Å². The van der Waals surface area contributed by atoms with Crippen LogP contribution in [0, 0.1) is 23.7 Å². The molecule has 1 aliphatic heterocycles. The van der Waals surface area contributed by atoms with E-state index in [0.29, 0.717) is 32.0 Å². The molecule has 2 fully saturated rings. The van der Waals surface area contributed by atoms with Crippen molar-refractivity contribution in [1.82, 2.24) is 15.5 Å². The second kappa shape index (κ2) is 7.79. The number of rotatable bonds is 6. The van der Waals surface area contributed by atoms with E-state index in [2.05, 4.69) is 33.8 Å². The first-order valence-electron chi connectivity index (χ1n) is 11.4. The number of imide groups is 1. The molecule has 3 aliphatic carbocycles. The van der Waals surface area contributed by atoms with Gasteiger partial charge in [-0.25, -0.2) is 4.99 Å². The average molecular weight is 423 g/mol. The van der Waals surface area contributed by atoms with Crippen molar-refractivity contribution in [3.05, 3.63) is 47.5 Å². The maximum atomic E-state index is 12.8. The SMILES string of the molecule is CCNC(=NCC1(O)CCc2ccccc21)NCCN1C(=O)C2C3C=CC(C3)C2C1=O. The molecule has 1 aromatic rings. The number of hydrogen-bond acceptors (Lipinski definition) is 4. The summed E-state index contributed by atoms with van der Waals surface area (Å²) in [5, 5.41) is 17.5. The summed E-state index contributed by atoms with van der Waals surface area (Å²) in [6.07, 6.45) is 6.68. The van der Waals surface area contributed by atoms with Gasteiger partial charge in [-0.1, -0.05) is 36.4 Å². The molecular weight excluding hydrogens is 392 g/mol. The largest absolute Gasteiger partial charge is 0.383 e. The topological polar surface area (TPSA) is 94.0 Å². The molecule has 164 valence electrons. The fourth-order valence-corrected chi connectivity index (χ4v) is 5.85. The second-order valence-corrected chi connectivity index (χ2v) is 9.14. The number of likely N-dealkylation sites (tertiary alicyclic amines) is 1. The molecule has 5 atom stereocenters. The summed E-state index contributed by atoms with van der Waals surface area (Å²) >= 11 is 0. The van der Waals surface area contributed by atoms with E-state index in [9.17, 15) is 14.7 Å². The highest BCUT2D eigenvalue weighted by Crippen LogP contribution is 2.52. The van der Waals surface area contributed by atoms with Crippen molar-refractivity contribution in [2.75, 3.05) is 26.2 Å². The van der Waals surface area contributed by atoms with Crippen molar-refractivity contribution in [2.24, 2.45) is 28.7 Å². The minimum absolute atomic E-state index is 0.0209. The molecule has 1 heterocycles. The van der Waals surface area contributed by atoms with E-state index in [4.69, 9.17) is 0 Å². The van der Waals surface area contributed by atoms with Crippen LogP contribution in [0.5, 0.6) is 0 Å². The number of benzene rings is 1. The lowest BCUT2D eigenvalue weighted by atomic mass is 9.85. The Morgan fingerprint density at radius 3 is 2.58 bits per heavy atom. The van der Waals surface area contributed by atoms with Gasteiger partial charge in [0.2, 0.25) is 11.8 Å². The second-order valence-electron chi connectivity index (χ2n) is 9.14. The number of aliphatic imine (C=N–C) groups is 1. The van der Waals surface area contributed by atoms with Crippen LogP contribution < -0.4 is 10.6 Å². The number of amides is 2. The van der Waals surface area contributed by atoms with Gasteiger partial charge in [-0.15, -0.1) is 0 Å². The first-order valence-corrected chi connectivity index (χ1v) is 11.4. The van der Waals surface area contributed by atoms with E-state index in [-0.39, 0.29) is 42.0 Å². The average Bonchev–Trinajstić information content (AvgIpc) is 3.52. The zero-order valence-corrected chi connectivity index (χ0v) is 17.9. The lowest BCUT2D eigenvalue weighted by molar-refractivity contribution is -0.140. The standard InChI is InChI=1S/C24H30N4O3/c1-2-25-23(27-14-24(31)10-9-15-5-3-4-6-18(15)24)26-11-12-28-21(29)19-16-7-8-17(13-16)20(19)22(28)30/h3-8,16-17,19-20,31H,2,9-14H2,1H3,(H2,25,26,27). The fourth-order valence-electron chi connectivity index (χ4n) is 5.85. The molecule has 31 heavy (non-hydrogen) atoms. The lowest BCUT2D eigenvalue weighted by Gasteiger charge is -2.23. The molecule has 7 heteroatoms. The number of aliphatic hydroxyl groups is 1. The van der Waals surface area contributed by atoms with Crippen LogP contribution in [0.1, 0.15) is 30.9 Å². The van der Waals surface area contributed by atoms with E-state index < -0.39 is 5.60 Å². The molecule has 0 radical (unpaired) electrons. The van der Waals surface area contributed by atoms with E-state index >= 15 is 0 Å². The Labute approximate surface area is 182 Å². The van der Waals surface area contributed by atoms with E-state index in [1.807, 2.05) is 25.1 Å². The van der Waals surface area contributed by atoms with Crippen LogP contribution in [0.2, 0.25) is 0 Å². The van der Waals surface area contributed by atoms with E-state index in [0.717, 1.165) is 18.4 Å². The van der Waals surface area contributed by atoms with Gasteiger partial charge in [-0.2, -0.15) is 0 Å².